The number of phosphoric ester groups is 1. The third-order valence-corrected chi connectivity index (χ3v) is 6.88. The number of carbonyl (C=O) groups is 1. The Kier molecular flexibility index (Phi) is 9.54. The summed E-state index contributed by atoms with van der Waals surface area (Å²) >= 11 is 0. The summed E-state index contributed by atoms with van der Waals surface area (Å²) < 4.78 is 64.1. The van der Waals surface area contributed by atoms with E-state index < -0.39 is 37.9 Å². The van der Waals surface area contributed by atoms with Crippen LogP contribution in [0.2, 0.25) is 0 Å². The second kappa shape index (κ2) is 11.8. The molecule has 0 saturated carbocycles. The zero-order chi connectivity index (χ0) is 28.0. The molecule has 2 heterocycles. The van der Waals surface area contributed by atoms with Crippen molar-refractivity contribution in [3.63, 3.8) is 0 Å². The van der Waals surface area contributed by atoms with Crippen molar-refractivity contribution in [3.05, 3.63) is 52.9 Å². The van der Waals surface area contributed by atoms with Gasteiger partial charge in [0.1, 0.15) is 47.3 Å². The predicted octanol–water partition coefficient (Wildman–Crippen LogP) is 1.49. The first-order valence-corrected chi connectivity index (χ1v) is 13.3. The van der Waals surface area contributed by atoms with Crippen LogP contribution in [0.3, 0.4) is 0 Å². The van der Waals surface area contributed by atoms with Gasteiger partial charge in [-0.15, -0.1) is 0 Å². The summed E-state index contributed by atoms with van der Waals surface area (Å²) in [5.74, 6) is -1.38. The molecule has 1 aromatic heterocycles. The van der Waals surface area contributed by atoms with Crippen molar-refractivity contribution < 1.29 is 71.1 Å². The van der Waals surface area contributed by atoms with E-state index in [1.165, 1.54) is 15.5 Å². The van der Waals surface area contributed by atoms with E-state index in [2.05, 4.69) is 4.98 Å². The maximum atomic E-state index is 14.7. The predicted molar refractivity (Wildman–Crippen MR) is 132 cm³/mol. The SMILES string of the molecule is Cc1nc2c(O[C@H]3CCOc4cc(F)cc(F)c43)cc(C(=O)N(C)C)cc2n1COP(=O)([O-])OC(C)(C)C.[Na+]. The van der Waals surface area contributed by atoms with Crippen LogP contribution in [-0.4, -0.2) is 46.7 Å². The Bertz CT molecular complexity index is 1440. The number of rotatable bonds is 7. The van der Waals surface area contributed by atoms with E-state index >= 15 is 0 Å². The Hall–Kier alpha value is -2.05. The Balaban J connectivity index is 0.00000420. The fourth-order valence-corrected chi connectivity index (χ4v) is 5.10. The molecular weight excluding hydrogens is 546 g/mol. The van der Waals surface area contributed by atoms with Crippen molar-refractivity contribution in [2.24, 2.45) is 0 Å². The van der Waals surface area contributed by atoms with Gasteiger partial charge in [0, 0.05) is 38.2 Å². The zero-order valence-electron chi connectivity index (χ0n) is 22.9. The van der Waals surface area contributed by atoms with Gasteiger partial charge in [-0.1, -0.05) is 0 Å². The summed E-state index contributed by atoms with van der Waals surface area (Å²) in [4.78, 5) is 31.1. The first-order chi connectivity index (χ1) is 17.6. The molecule has 10 nitrogen and oxygen atoms in total. The molecule has 1 aliphatic heterocycles. The number of phosphoric acid groups is 1. The molecule has 0 bridgehead atoms. The number of ether oxygens (including phenoxy) is 2. The van der Waals surface area contributed by atoms with E-state index in [1.54, 1.807) is 47.9 Å². The van der Waals surface area contributed by atoms with Crippen LogP contribution in [0.15, 0.2) is 24.3 Å². The molecule has 1 aliphatic rings. The van der Waals surface area contributed by atoms with Gasteiger partial charge in [0.2, 0.25) is 0 Å². The average molecular weight is 575 g/mol. The number of nitrogens with zero attached hydrogens (tertiary/aromatic N) is 3. The van der Waals surface area contributed by atoms with Crippen molar-refractivity contribution in [2.75, 3.05) is 20.7 Å². The number of imidazole rings is 1. The van der Waals surface area contributed by atoms with Crippen LogP contribution in [0.25, 0.3) is 11.0 Å². The van der Waals surface area contributed by atoms with Gasteiger partial charge in [-0.3, -0.25) is 13.9 Å². The minimum atomic E-state index is -4.68. The summed E-state index contributed by atoms with van der Waals surface area (Å²) in [5, 5.41) is 0. The minimum Gasteiger partial charge on any atom is -0.756 e. The van der Waals surface area contributed by atoms with Crippen molar-refractivity contribution in [1.82, 2.24) is 14.5 Å². The second-order valence-corrected chi connectivity index (χ2v) is 11.4. The van der Waals surface area contributed by atoms with Crippen molar-refractivity contribution in [3.8, 4) is 11.5 Å². The number of hydrogen-bond donors (Lipinski definition) is 0. The van der Waals surface area contributed by atoms with Crippen LogP contribution in [0.4, 0.5) is 8.78 Å². The maximum Gasteiger partial charge on any atom is 1.00 e. The first-order valence-electron chi connectivity index (χ1n) is 11.8. The number of benzene rings is 2. The maximum absolute atomic E-state index is 14.7. The summed E-state index contributed by atoms with van der Waals surface area (Å²) in [6.07, 6.45) is -0.592. The van der Waals surface area contributed by atoms with Crippen LogP contribution in [0.1, 0.15) is 55.0 Å². The minimum absolute atomic E-state index is 0. The molecule has 0 N–H and O–H groups in total. The fourth-order valence-electron chi connectivity index (χ4n) is 4.12. The number of halogens is 2. The molecule has 3 aromatic rings. The molecule has 4 rings (SSSR count). The number of carbonyl (C=O) groups excluding carboxylic acids is 1. The summed E-state index contributed by atoms with van der Waals surface area (Å²) in [6.45, 7) is 6.06. The number of aromatic nitrogens is 2. The van der Waals surface area contributed by atoms with E-state index in [9.17, 15) is 23.0 Å². The van der Waals surface area contributed by atoms with Crippen LogP contribution in [-0.2, 0) is 20.3 Å². The molecule has 2 atom stereocenters. The van der Waals surface area contributed by atoms with Gasteiger partial charge in [-0.05, 0) is 39.8 Å². The van der Waals surface area contributed by atoms with Crippen LogP contribution in [0.5, 0.6) is 11.5 Å². The topological polar surface area (TPSA) is 115 Å². The zero-order valence-corrected chi connectivity index (χ0v) is 25.8. The number of amides is 1. The molecule has 1 amide bonds. The molecule has 2 aromatic carbocycles. The van der Waals surface area contributed by atoms with Crippen LogP contribution >= 0.6 is 7.82 Å². The molecule has 1 unspecified atom stereocenters. The van der Waals surface area contributed by atoms with E-state index in [1.807, 2.05) is 0 Å². The molecule has 0 saturated heterocycles. The van der Waals surface area contributed by atoms with Crippen molar-refractivity contribution in [2.45, 2.75) is 52.6 Å². The Morgan fingerprint density at radius 2 is 1.95 bits per heavy atom. The second-order valence-electron chi connectivity index (χ2n) is 10.1. The molecule has 206 valence electrons. The molecule has 39 heavy (non-hydrogen) atoms. The van der Waals surface area contributed by atoms with Gasteiger partial charge in [-0.25, -0.2) is 13.8 Å². The summed E-state index contributed by atoms with van der Waals surface area (Å²) in [7, 11) is -1.52. The van der Waals surface area contributed by atoms with Crippen molar-refractivity contribution in [1.29, 1.82) is 0 Å². The number of hydrogen-bond acceptors (Lipinski definition) is 8. The molecule has 0 fully saturated rings. The van der Waals surface area contributed by atoms with E-state index in [4.69, 9.17) is 18.5 Å². The number of fused-ring (bicyclic) bond motifs is 2. The Labute approximate surface area is 247 Å². The molecule has 0 radical (unpaired) electrons. The number of aryl methyl sites for hydroxylation is 1. The van der Waals surface area contributed by atoms with Gasteiger partial charge in [0.25, 0.3) is 13.7 Å². The summed E-state index contributed by atoms with van der Waals surface area (Å²) in [6, 6.07) is 4.87. The van der Waals surface area contributed by atoms with E-state index in [0.717, 1.165) is 12.1 Å². The van der Waals surface area contributed by atoms with Gasteiger partial charge >= 0.3 is 29.6 Å². The molecule has 14 heteroatoms. The molecular formula is C25H29F2N3NaO7P. The van der Waals surface area contributed by atoms with Gasteiger partial charge in [0.05, 0.1) is 23.3 Å². The Morgan fingerprint density at radius 1 is 1.26 bits per heavy atom. The van der Waals surface area contributed by atoms with Gasteiger partial charge < -0.3 is 28.4 Å². The van der Waals surface area contributed by atoms with E-state index in [0.29, 0.717) is 16.9 Å². The first kappa shape index (κ1) is 31.5. The largest absolute Gasteiger partial charge is 1.00 e. The van der Waals surface area contributed by atoms with E-state index in [-0.39, 0.29) is 71.1 Å². The van der Waals surface area contributed by atoms with Gasteiger partial charge in [-0.2, -0.15) is 0 Å². The quantitative estimate of drug-likeness (QED) is 0.308. The van der Waals surface area contributed by atoms with Crippen molar-refractivity contribution >= 4 is 24.8 Å². The molecule has 0 spiro atoms. The average Bonchev–Trinajstić information content (AvgIpc) is 3.10. The van der Waals surface area contributed by atoms with Crippen LogP contribution in [0, 0.1) is 18.6 Å². The fraction of sp³-hybridized carbons (Fsp3) is 0.440. The summed E-state index contributed by atoms with van der Waals surface area (Å²) in [5.41, 5.74) is -0.0568. The smallest absolute Gasteiger partial charge is 0.756 e. The third kappa shape index (κ3) is 7.18. The molecule has 0 aliphatic carbocycles. The monoisotopic (exact) mass is 575 g/mol. The van der Waals surface area contributed by atoms with Gasteiger partial charge in [0.15, 0.2) is 0 Å². The Morgan fingerprint density at radius 3 is 2.59 bits per heavy atom. The third-order valence-electron chi connectivity index (χ3n) is 5.68. The normalized spacial score (nSPS) is 16.6. The van der Waals surface area contributed by atoms with Crippen LogP contribution < -0.4 is 43.9 Å². The standard InChI is InChI=1S/C25H30F2N3O7P.Na/c1-14-28-23-18(30(14)13-35-38(32,33)37-25(2,3)4)9-15(24(31)29(5)6)10-21(23)36-19-7-8-34-20-12-16(26)11-17(27)22(19)20;/h9-12,19H,7-8,13H2,1-6H3,(H,32,33);/q;+1/p-1/t19-;/m0./s1.